The van der Waals surface area contributed by atoms with Crippen LogP contribution in [0.25, 0.3) is 0 Å². The molecule has 1 aromatic carbocycles. The van der Waals surface area contributed by atoms with Gasteiger partial charge in [-0.05, 0) is 59.8 Å². The standard InChI is InChI=1S/C18H30O/c1-12(2)15(11-19)10-17-13(3)8-16(9-14(17)4)18(5,6)7/h8-9,12,15,19H,10-11H2,1-7H3. The average molecular weight is 262 g/mol. The van der Waals surface area contributed by atoms with Gasteiger partial charge in [0.2, 0.25) is 0 Å². The zero-order chi connectivity index (χ0) is 14.8. The molecule has 108 valence electrons. The van der Waals surface area contributed by atoms with Crippen molar-refractivity contribution in [3.63, 3.8) is 0 Å². The molecule has 1 unspecified atom stereocenters. The smallest absolute Gasteiger partial charge is 0.0464 e. The van der Waals surface area contributed by atoms with Crippen LogP contribution in [0.3, 0.4) is 0 Å². The summed E-state index contributed by atoms with van der Waals surface area (Å²) < 4.78 is 0. The lowest BCUT2D eigenvalue weighted by Gasteiger charge is -2.25. The number of aliphatic hydroxyl groups excluding tert-OH is 1. The van der Waals surface area contributed by atoms with Gasteiger partial charge in [-0.25, -0.2) is 0 Å². The van der Waals surface area contributed by atoms with Crippen molar-refractivity contribution in [1.29, 1.82) is 0 Å². The topological polar surface area (TPSA) is 20.2 Å². The first kappa shape index (κ1) is 16.2. The summed E-state index contributed by atoms with van der Waals surface area (Å²) in [5.41, 5.74) is 5.74. The van der Waals surface area contributed by atoms with Crippen LogP contribution < -0.4 is 0 Å². The third kappa shape index (κ3) is 4.07. The molecule has 0 bridgehead atoms. The summed E-state index contributed by atoms with van der Waals surface area (Å²) in [6.45, 7) is 15.8. The van der Waals surface area contributed by atoms with E-state index in [1.165, 1.54) is 22.3 Å². The number of aliphatic hydroxyl groups is 1. The van der Waals surface area contributed by atoms with Crippen LogP contribution in [0.1, 0.15) is 56.9 Å². The molecule has 0 amide bonds. The Balaban J connectivity index is 3.11. The molecule has 1 heteroatoms. The van der Waals surface area contributed by atoms with Crippen LogP contribution >= 0.6 is 0 Å². The van der Waals surface area contributed by atoms with E-state index < -0.39 is 0 Å². The lowest BCUT2D eigenvalue weighted by Crippen LogP contribution is -2.18. The van der Waals surface area contributed by atoms with Gasteiger partial charge in [0.05, 0.1) is 0 Å². The van der Waals surface area contributed by atoms with Crippen molar-refractivity contribution in [2.24, 2.45) is 11.8 Å². The molecule has 0 spiro atoms. The van der Waals surface area contributed by atoms with Crippen molar-refractivity contribution in [1.82, 2.24) is 0 Å². The minimum absolute atomic E-state index is 0.197. The van der Waals surface area contributed by atoms with Crippen molar-refractivity contribution in [3.05, 3.63) is 34.4 Å². The van der Waals surface area contributed by atoms with E-state index >= 15 is 0 Å². The first-order chi connectivity index (χ1) is 8.66. The maximum atomic E-state index is 9.52. The molecular formula is C18H30O. The van der Waals surface area contributed by atoms with E-state index in [1.54, 1.807) is 0 Å². The summed E-state index contributed by atoms with van der Waals surface area (Å²) >= 11 is 0. The Kier molecular flexibility index (Phi) is 5.20. The molecule has 0 aromatic heterocycles. The van der Waals surface area contributed by atoms with E-state index in [0.717, 1.165) is 6.42 Å². The molecule has 0 saturated carbocycles. The Morgan fingerprint density at radius 1 is 1.05 bits per heavy atom. The zero-order valence-corrected chi connectivity index (χ0v) is 13.7. The lowest BCUT2D eigenvalue weighted by atomic mass is 9.81. The maximum Gasteiger partial charge on any atom is 0.0464 e. The van der Waals surface area contributed by atoms with E-state index in [1.807, 2.05) is 0 Å². The molecule has 1 N–H and O–H groups in total. The molecule has 0 fully saturated rings. The third-order valence-electron chi connectivity index (χ3n) is 4.21. The molecule has 0 aliphatic carbocycles. The number of benzene rings is 1. The van der Waals surface area contributed by atoms with Crippen molar-refractivity contribution in [3.8, 4) is 0 Å². The zero-order valence-electron chi connectivity index (χ0n) is 13.7. The largest absolute Gasteiger partial charge is 0.396 e. The van der Waals surface area contributed by atoms with E-state index in [-0.39, 0.29) is 12.0 Å². The van der Waals surface area contributed by atoms with Gasteiger partial charge in [0, 0.05) is 6.61 Å². The molecule has 0 saturated heterocycles. The quantitative estimate of drug-likeness (QED) is 0.852. The van der Waals surface area contributed by atoms with Crippen LogP contribution in [0.5, 0.6) is 0 Å². The number of hydrogen-bond acceptors (Lipinski definition) is 1. The summed E-state index contributed by atoms with van der Waals surface area (Å²) in [6.07, 6.45) is 0.982. The van der Waals surface area contributed by atoms with E-state index in [4.69, 9.17) is 0 Å². The van der Waals surface area contributed by atoms with Crippen LogP contribution in [0.15, 0.2) is 12.1 Å². The average Bonchev–Trinajstić information content (AvgIpc) is 2.26. The molecule has 1 nitrogen and oxygen atoms in total. The predicted molar refractivity (Wildman–Crippen MR) is 83.7 cm³/mol. The van der Waals surface area contributed by atoms with Crippen molar-refractivity contribution >= 4 is 0 Å². The summed E-state index contributed by atoms with van der Waals surface area (Å²) in [4.78, 5) is 0. The van der Waals surface area contributed by atoms with Gasteiger partial charge in [0.25, 0.3) is 0 Å². The fourth-order valence-corrected chi connectivity index (χ4v) is 2.52. The Morgan fingerprint density at radius 2 is 1.53 bits per heavy atom. The van der Waals surface area contributed by atoms with E-state index in [0.29, 0.717) is 11.8 Å². The van der Waals surface area contributed by atoms with Gasteiger partial charge in [0.15, 0.2) is 0 Å². The minimum Gasteiger partial charge on any atom is -0.396 e. The Morgan fingerprint density at radius 3 is 1.84 bits per heavy atom. The number of hydrogen-bond donors (Lipinski definition) is 1. The summed E-state index contributed by atoms with van der Waals surface area (Å²) in [7, 11) is 0. The maximum absolute atomic E-state index is 9.52. The highest BCUT2D eigenvalue weighted by molar-refractivity contribution is 5.40. The second kappa shape index (κ2) is 6.09. The predicted octanol–water partition coefficient (Wildman–Crippen LogP) is 4.41. The van der Waals surface area contributed by atoms with Crippen molar-refractivity contribution in [2.75, 3.05) is 6.61 Å². The second-order valence-corrected chi connectivity index (χ2v) is 7.23. The van der Waals surface area contributed by atoms with Crippen LogP contribution in [-0.2, 0) is 11.8 Å². The van der Waals surface area contributed by atoms with Gasteiger partial charge in [-0.15, -0.1) is 0 Å². The van der Waals surface area contributed by atoms with Gasteiger partial charge < -0.3 is 5.11 Å². The van der Waals surface area contributed by atoms with Gasteiger partial charge in [-0.1, -0.05) is 46.8 Å². The van der Waals surface area contributed by atoms with Gasteiger partial charge in [-0.2, -0.15) is 0 Å². The second-order valence-electron chi connectivity index (χ2n) is 7.23. The van der Waals surface area contributed by atoms with Crippen molar-refractivity contribution < 1.29 is 5.11 Å². The number of aryl methyl sites for hydroxylation is 2. The van der Waals surface area contributed by atoms with E-state index in [9.17, 15) is 5.11 Å². The van der Waals surface area contributed by atoms with Crippen molar-refractivity contribution in [2.45, 2.75) is 60.3 Å². The van der Waals surface area contributed by atoms with Crippen LogP contribution in [0, 0.1) is 25.7 Å². The molecule has 0 radical (unpaired) electrons. The molecular weight excluding hydrogens is 232 g/mol. The molecule has 1 rings (SSSR count). The molecule has 0 aliphatic heterocycles. The van der Waals surface area contributed by atoms with Gasteiger partial charge in [0.1, 0.15) is 0 Å². The first-order valence-corrected chi connectivity index (χ1v) is 7.38. The Bertz CT molecular complexity index is 401. The highest BCUT2D eigenvalue weighted by Crippen LogP contribution is 2.29. The van der Waals surface area contributed by atoms with Gasteiger partial charge in [-0.3, -0.25) is 0 Å². The summed E-state index contributed by atoms with van der Waals surface area (Å²) in [6, 6.07) is 4.63. The van der Waals surface area contributed by atoms with Crippen LogP contribution in [0.4, 0.5) is 0 Å². The highest BCUT2D eigenvalue weighted by atomic mass is 16.3. The fourth-order valence-electron chi connectivity index (χ4n) is 2.52. The van der Waals surface area contributed by atoms with E-state index in [2.05, 4.69) is 60.6 Å². The summed E-state index contributed by atoms with van der Waals surface area (Å²) in [5, 5.41) is 9.52. The molecule has 1 atom stereocenters. The fraction of sp³-hybridized carbons (Fsp3) is 0.667. The normalized spacial score (nSPS) is 13.9. The molecule has 0 aliphatic rings. The minimum atomic E-state index is 0.197. The number of rotatable bonds is 4. The van der Waals surface area contributed by atoms with Crippen LogP contribution in [0.2, 0.25) is 0 Å². The third-order valence-corrected chi connectivity index (χ3v) is 4.21. The summed E-state index contributed by atoms with van der Waals surface area (Å²) in [5.74, 6) is 0.879. The lowest BCUT2D eigenvalue weighted by molar-refractivity contribution is 0.189. The Labute approximate surface area is 119 Å². The highest BCUT2D eigenvalue weighted by Gasteiger charge is 2.19. The molecule has 19 heavy (non-hydrogen) atoms. The van der Waals surface area contributed by atoms with Gasteiger partial charge >= 0.3 is 0 Å². The van der Waals surface area contributed by atoms with Crippen LogP contribution in [-0.4, -0.2) is 11.7 Å². The Hall–Kier alpha value is -0.820. The molecule has 0 heterocycles. The molecule has 1 aromatic rings. The first-order valence-electron chi connectivity index (χ1n) is 7.38. The monoisotopic (exact) mass is 262 g/mol. The SMILES string of the molecule is Cc1cc(C(C)(C)C)cc(C)c1CC(CO)C(C)C.